The molecule has 0 spiro atoms. The lowest BCUT2D eigenvalue weighted by atomic mass is 9.61. The summed E-state index contributed by atoms with van der Waals surface area (Å²) in [4.78, 5) is 14.0. The molecule has 0 aromatic carbocycles. The Kier molecular flexibility index (Phi) is 36.4. The van der Waals surface area contributed by atoms with E-state index in [9.17, 15) is 9.90 Å². The van der Waals surface area contributed by atoms with Crippen molar-refractivity contribution in [2.24, 2.45) is 23.2 Å². The van der Waals surface area contributed by atoms with Gasteiger partial charge in [-0.1, -0.05) is 253 Å². The summed E-state index contributed by atoms with van der Waals surface area (Å²) in [6.07, 6.45) is 47.3. The molecule has 300 valence electrons. The first kappa shape index (κ1) is 49.5. The summed E-state index contributed by atoms with van der Waals surface area (Å²) in [5.74, 6) is 1.19. The maximum Gasteiger partial charge on any atom is 0.309 e. The molecule has 4 atom stereocenters. The molecule has 0 rings (SSSR count). The number of carbonyl (C=O) groups is 1. The molecule has 0 aliphatic carbocycles. The quantitative estimate of drug-likeness (QED) is 0.0643. The number of carboxylic acids is 1. The van der Waals surface area contributed by atoms with E-state index < -0.39 is 11.4 Å². The Morgan fingerprint density at radius 1 is 0.380 bits per heavy atom. The van der Waals surface area contributed by atoms with Crippen molar-refractivity contribution in [1.29, 1.82) is 0 Å². The van der Waals surface area contributed by atoms with Crippen LogP contribution in [0.3, 0.4) is 0 Å². The third kappa shape index (κ3) is 25.4. The Hall–Kier alpha value is -0.530. The Labute approximate surface area is 317 Å². The van der Waals surface area contributed by atoms with Crippen molar-refractivity contribution in [3.63, 3.8) is 0 Å². The second-order valence-electron chi connectivity index (χ2n) is 17.1. The zero-order chi connectivity index (χ0) is 37.0. The molecule has 50 heavy (non-hydrogen) atoms. The number of rotatable bonds is 41. The second kappa shape index (κ2) is 36.8. The van der Waals surface area contributed by atoms with Gasteiger partial charge in [0.15, 0.2) is 0 Å². The topological polar surface area (TPSA) is 37.3 Å². The van der Waals surface area contributed by atoms with Gasteiger partial charge in [-0.15, -0.1) is 0 Å². The van der Waals surface area contributed by atoms with Crippen molar-refractivity contribution in [3.8, 4) is 0 Å². The van der Waals surface area contributed by atoms with E-state index in [1.807, 2.05) is 0 Å². The molecule has 0 aliphatic heterocycles. The molecule has 0 fully saturated rings. The summed E-state index contributed by atoms with van der Waals surface area (Å²) >= 11 is 0. The van der Waals surface area contributed by atoms with Gasteiger partial charge in [-0.05, 0) is 43.4 Å². The monoisotopic (exact) mass is 705 g/mol. The highest BCUT2D eigenvalue weighted by molar-refractivity contribution is 5.75. The lowest BCUT2D eigenvalue weighted by molar-refractivity contribution is -0.156. The molecule has 0 saturated heterocycles. The van der Waals surface area contributed by atoms with E-state index in [1.54, 1.807) is 0 Å². The standard InChI is InChI=1S/C48H96O2/c1-7-13-19-23-27-30-33-38-44(37-17-11-5)45(39-34-29-25-21-15-9-3)43-48(47(49)50,42-36-32-26-22-16-10-4)46(40-18-12-6)41-35-31-28-24-20-14-8-2/h44-46H,7-43H2,1-6H3,(H,49,50). The molecule has 0 radical (unpaired) electrons. The van der Waals surface area contributed by atoms with Gasteiger partial charge in [0.25, 0.3) is 0 Å². The van der Waals surface area contributed by atoms with Crippen LogP contribution in [0.25, 0.3) is 0 Å². The van der Waals surface area contributed by atoms with Crippen molar-refractivity contribution in [3.05, 3.63) is 0 Å². The van der Waals surface area contributed by atoms with Crippen LogP contribution in [0.4, 0.5) is 0 Å². The van der Waals surface area contributed by atoms with Gasteiger partial charge in [-0.2, -0.15) is 0 Å². The van der Waals surface area contributed by atoms with Crippen LogP contribution in [0.15, 0.2) is 0 Å². The lowest BCUT2D eigenvalue weighted by Crippen LogP contribution is -2.42. The first-order valence-corrected chi connectivity index (χ1v) is 23.7. The number of unbranched alkanes of at least 4 members (excludes halogenated alkanes) is 24. The smallest absolute Gasteiger partial charge is 0.309 e. The lowest BCUT2D eigenvalue weighted by Gasteiger charge is -2.42. The fourth-order valence-corrected chi connectivity index (χ4v) is 9.16. The molecule has 2 nitrogen and oxygen atoms in total. The van der Waals surface area contributed by atoms with E-state index in [-0.39, 0.29) is 0 Å². The highest BCUT2D eigenvalue weighted by Gasteiger charge is 2.46. The minimum Gasteiger partial charge on any atom is -0.481 e. The summed E-state index contributed by atoms with van der Waals surface area (Å²) in [7, 11) is 0. The fourth-order valence-electron chi connectivity index (χ4n) is 9.16. The molecule has 0 saturated carbocycles. The predicted octanol–water partition coefficient (Wildman–Crippen LogP) is 17.5. The van der Waals surface area contributed by atoms with Gasteiger partial charge in [0.1, 0.15) is 0 Å². The average molecular weight is 705 g/mol. The Morgan fingerprint density at radius 3 is 1.10 bits per heavy atom. The molecule has 0 heterocycles. The van der Waals surface area contributed by atoms with E-state index >= 15 is 0 Å². The maximum atomic E-state index is 14.0. The van der Waals surface area contributed by atoms with E-state index in [2.05, 4.69) is 41.5 Å². The van der Waals surface area contributed by atoms with Crippen molar-refractivity contribution in [1.82, 2.24) is 0 Å². The Morgan fingerprint density at radius 2 is 0.680 bits per heavy atom. The fraction of sp³-hybridized carbons (Fsp3) is 0.979. The highest BCUT2D eigenvalue weighted by atomic mass is 16.4. The van der Waals surface area contributed by atoms with Crippen LogP contribution in [0.1, 0.15) is 279 Å². The molecule has 0 amide bonds. The molecule has 0 aromatic heterocycles. The molecule has 4 unspecified atom stereocenters. The van der Waals surface area contributed by atoms with Crippen molar-refractivity contribution in [2.75, 3.05) is 0 Å². The largest absolute Gasteiger partial charge is 0.481 e. The minimum absolute atomic E-state index is 0.337. The minimum atomic E-state index is -0.542. The van der Waals surface area contributed by atoms with Gasteiger partial charge < -0.3 is 5.11 Å². The van der Waals surface area contributed by atoms with Gasteiger partial charge in [0.05, 0.1) is 5.41 Å². The molecule has 0 aromatic rings. The Bertz CT molecular complexity index is 688. The molecule has 0 bridgehead atoms. The van der Waals surface area contributed by atoms with Crippen LogP contribution in [0.2, 0.25) is 0 Å². The molecular weight excluding hydrogens is 609 g/mol. The van der Waals surface area contributed by atoms with Gasteiger partial charge >= 0.3 is 5.97 Å². The summed E-state index contributed by atoms with van der Waals surface area (Å²) in [5.41, 5.74) is -0.542. The van der Waals surface area contributed by atoms with Crippen molar-refractivity contribution in [2.45, 2.75) is 279 Å². The zero-order valence-electron chi connectivity index (χ0n) is 35.8. The normalized spacial score (nSPS) is 14.8. The summed E-state index contributed by atoms with van der Waals surface area (Å²) < 4.78 is 0. The average Bonchev–Trinajstić information content (AvgIpc) is 3.11. The number of aliphatic carboxylic acids is 1. The highest BCUT2D eigenvalue weighted by Crippen LogP contribution is 2.49. The van der Waals surface area contributed by atoms with Crippen molar-refractivity contribution < 1.29 is 9.90 Å². The van der Waals surface area contributed by atoms with E-state index in [0.717, 1.165) is 32.1 Å². The van der Waals surface area contributed by atoms with E-state index in [0.29, 0.717) is 17.8 Å². The molecular formula is C48H96O2. The van der Waals surface area contributed by atoms with Crippen LogP contribution >= 0.6 is 0 Å². The maximum absolute atomic E-state index is 14.0. The van der Waals surface area contributed by atoms with Crippen LogP contribution in [-0.2, 0) is 4.79 Å². The Balaban J connectivity index is 6.31. The SMILES string of the molecule is CCCCCCCCCC(CCCC)C(CCCCCCCC)CC(CCCCCCCC)(C(=O)O)C(CCCC)CCCCCCCCC. The molecule has 1 N–H and O–H groups in total. The van der Waals surface area contributed by atoms with E-state index in [1.165, 1.54) is 205 Å². The van der Waals surface area contributed by atoms with Gasteiger partial charge in [-0.3, -0.25) is 4.79 Å². The first-order valence-electron chi connectivity index (χ1n) is 23.7. The second-order valence-corrected chi connectivity index (χ2v) is 17.1. The van der Waals surface area contributed by atoms with Gasteiger partial charge in [-0.25, -0.2) is 0 Å². The summed E-state index contributed by atoms with van der Waals surface area (Å²) in [5, 5.41) is 11.5. The molecule has 0 aliphatic rings. The van der Waals surface area contributed by atoms with Crippen LogP contribution in [0.5, 0.6) is 0 Å². The molecule has 2 heteroatoms. The number of hydrogen-bond donors (Lipinski definition) is 1. The number of carboxylic acid groups (broad SMARTS) is 1. The predicted molar refractivity (Wildman–Crippen MR) is 225 cm³/mol. The van der Waals surface area contributed by atoms with Crippen molar-refractivity contribution >= 4 is 5.97 Å². The zero-order valence-corrected chi connectivity index (χ0v) is 35.8. The van der Waals surface area contributed by atoms with E-state index in [4.69, 9.17) is 0 Å². The first-order chi connectivity index (χ1) is 24.5. The van der Waals surface area contributed by atoms with Crippen LogP contribution in [0, 0.1) is 23.2 Å². The van der Waals surface area contributed by atoms with Crippen LogP contribution < -0.4 is 0 Å². The summed E-state index contributed by atoms with van der Waals surface area (Å²) in [6, 6.07) is 0. The third-order valence-corrected chi connectivity index (χ3v) is 12.6. The van der Waals surface area contributed by atoms with Crippen LogP contribution in [-0.4, -0.2) is 11.1 Å². The summed E-state index contributed by atoms with van der Waals surface area (Å²) in [6.45, 7) is 13.9. The van der Waals surface area contributed by atoms with Gasteiger partial charge in [0.2, 0.25) is 0 Å². The van der Waals surface area contributed by atoms with Gasteiger partial charge in [0, 0.05) is 0 Å². The number of hydrogen-bond acceptors (Lipinski definition) is 1. The third-order valence-electron chi connectivity index (χ3n) is 12.6.